The van der Waals surface area contributed by atoms with E-state index in [4.69, 9.17) is 0 Å². The van der Waals surface area contributed by atoms with E-state index in [1.165, 1.54) is 0 Å². The zero-order valence-electron chi connectivity index (χ0n) is 13.1. The fourth-order valence-corrected chi connectivity index (χ4v) is 1.31. The first-order valence-electron chi connectivity index (χ1n) is 7.22. The van der Waals surface area contributed by atoms with Crippen molar-refractivity contribution >= 4 is 11.9 Å². The highest BCUT2D eigenvalue weighted by atomic mass is 16.2. The second-order valence-corrected chi connectivity index (χ2v) is 5.55. The van der Waals surface area contributed by atoms with Gasteiger partial charge in [-0.1, -0.05) is 34.1 Å². The molecular formula is C14H30N4O. The first-order valence-corrected chi connectivity index (χ1v) is 7.22. The number of unbranched alkanes of at least 4 members (excludes halogenated alkanes) is 1. The highest BCUT2D eigenvalue weighted by Gasteiger charge is 2.20. The molecule has 0 saturated carbocycles. The highest BCUT2D eigenvalue weighted by Crippen LogP contribution is 2.11. The van der Waals surface area contributed by atoms with Crippen LogP contribution in [0.5, 0.6) is 0 Å². The SMILES string of the molecule is CCCCN=C(NCC)NCCNC(=O)C(C)(C)C. The Bertz CT molecular complexity index is 282. The number of carbonyl (C=O) groups excluding carboxylic acids is 1. The number of hydrogen-bond donors (Lipinski definition) is 3. The van der Waals surface area contributed by atoms with E-state index < -0.39 is 0 Å². The molecule has 0 aliphatic carbocycles. The van der Waals surface area contributed by atoms with Crippen LogP contribution in [0.1, 0.15) is 47.5 Å². The molecule has 0 aromatic rings. The van der Waals surface area contributed by atoms with Gasteiger partial charge < -0.3 is 16.0 Å². The molecule has 0 rings (SSSR count). The molecule has 0 aliphatic rings. The summed E-state index contributed by atoms with van der Waals surface area (Å²) in [5, 5.41) is 9.30. The Morgan fingerprint density at radius 2 is 1.68 bits per heavy atom. The topological polar surface area (TPSA) is 65.5 Å². The van der Waals surface area contributed by atoms with E-state index in [2.05, 4.69) is 27.9 Å². The summed E-state index contributed by atoms with van der Waals surface area (Å²) < 4.78 is 0. The van der Waals surface area contributed by atoms with E-state index in [0.29, 0.717) is 13.1 Å². The summed E-state index contributed by atoms with van der Waals surface area (Å²) in [6.45, 7) is 12.9. The van der Waals surface area contributed by atoms with E-state index in [9.17, 15) is 4.79 Å². The van der Waals surface area contributed by atoms with Crippen LogP contribution >= 0.6 is 0 Å². The third kappa shape index (κ3) is 9.33. The molecule has 0 aromatic heterocycles. The van der Waals surface area contributed by atoms with Crippen LogP contribution in [0.4, 0.5) is 0 Å². The van der Waals surface area contributed by atoms with Gasteiger partial charge >= 0.3 is 0 Å². The summed E-state index contributed by atoms with van der Waals surface area (Å²) in [6.07, 6.45) is 2.24. The minimum atomic E-state index is -0.334. The van der Waals surface area contributed by atoms with Gasteiger partial charge in [0.15, 0.2) is 5.96 Å². The molecule has 5 nitrogen and oxygen atoms in total. The van der Waals surface area contributed by atoms with Crippen molar-refractivity contribution in [3.8, 4) is 0 Å². The smallest absolute Gasteiger partial charge is 0.225 e. The predicted octanol–water partition coefficient (Wildman–Crippen LogP) is 1.50. The van der Waals surface area contributed by atoms with Crippen LogP contribution in [0.2, 0.25) is 0 Å². The van der Waals surface area contributed by atoms with Gasteiger partial charge in [-0.2, -0.15) is 0 Å². The van der Waals surface area contributed by atoms with E-state index in [1.54, 1.807) is 0 Å². The van der Waals surface area contributed by atoms with Crippen LogP contribution in [0.25, 0.3) is 0 Å². The molecule has 0 unspecified atom stereocenters. The number of amides is 1. The van der Waals surface area contributed by atoms with Crippen LogP contribution in [-0.4, -0.2) is 38.0 Å². The third-order valence-electron chi connectivity index (χ3n) is 2.51. The van der Waals surface area contributed by atoms with E-state index in [1.807, 2.05) is 27.7 Å². The number of aliphatic imine (C=N–C) groups is 1. The van der Waals surface area contributed by atoms with Crippen LogP contribution < -0.4 is 16.0 Å². The van der Waals surface area contributed by atoms with E-state index in [0.717, 1.165) is 31.9 Å². The zero-order chi connectivity index (χ0) is 14.7. The summed E-state index contributed by atoms with van der Waals surface area (Å²) in [7, 11) is 0. The zero-order valence-corrected chi connectivity index (χ0v) is 13.1. The van der Waals surface area contributed by atoms with Crippen molar-refractivity contribution in [2.75, 3.05) is 26.2 Å². The number of carbonyl (C=O) groups is 1. The summed E-state index contributed by atoms with van der Waals surface area (Å²) in [4.78, 5) is 16.1. The highest BCUT2D eigenvalue weighted by molar-refractivity contribution is 5.81. The van der Waals surface area contributed by atoms with Gasteiger partial charge in [-0.3, -0.25) is 9.79 Å². The van der Waals surface area contributed by atoms with Gasteiger partial charge in [0, 0.05) is 31.6 Å². The Labute approximate surface area is 117 Å². The van der Waals surface area contributed by atoms with Gasteiger partial charge in [0.05, 0.1) is 0 Å². The first kappa shape index (κ1) is 17.7. The van der Waals surface area contributed by atoms with Crippen molar-refractivity contribution in [2.24, 2.45) is 10.4 Å². The van der Waals surface area contributed by atoms with Gasteiger partial charge in [0.1, 0.15) is 0 Å². The van der Waals surface area contributed by atoms with Gasteiger partial charge in [-0.25, -0.2) is 0 Å². The van der Waals surface area contributed by atoms with Gasteiger partial charge in [-0.15, -0.1) is 0 Å². The molecule has 5 heteroatoms. The lowest BCUT2D eigenvalue weighted by Gasteiger charge is -2.18. The van der Waals surface area contributed by atoms with Gasteiger partial charge in [0.25, 0.3) is 0 Å². The summed E-state index contributed by atoms with van der Waals surface area (Å²) in [5.41, 5.74) is -0.334. The molecule has 112 valence electrons. The first-order chi connectivity index (χ1) is 8.91. The molecule has 0 bridgehead atoms. The summed E-state index contributed by atoms with van der Waals surface area (Å²) in [6, 6.07) is 0. The van der Waals surface area contributed by atoms with Gasteiger partial charge in [-0.05, 0) is 13.3 Å². The molecule has 3 N–H and O–H groups in total. The van der Waals surface area contributed by atoms with Crippen LogP contribution in [0, 0.1) is 5.41 Å². The lowest BCUT2D eigenvalue weighted by Crippen LogP contribution is -2.43. The Morgan fingerprint density at radius 3 is 2.21 bits per heavy atom. The minimum absolute atomic E-state index is 0.0715. The normalized spacial score (nSPS) is 12.2. The Balaban J connectivity index is 3.93. The molecular weight excluding hydrogens is 240 g/mol. The monoisotopic (exact) mass is 270 g/mol. The van der Waals surface area contributed by atoms with Crippen LogP contribution in [0.3, 0.4) is 0 Å². The predicted molar refractivity (Wildman–Crippen MR) is 81.4 cm³/mol. The summed E-state index contributed by atoms with van der Waals surface area (Å²) in [5.74, 6) is 0.892. The molecule has 19 heavy (non-hydrogen) atoms. The fraction of sp³-hybridized carbons (Fsp3) is 0.857. The molecule has 0 radical (unpaired) electrons. The van der Waals surface area contributed by atoms with Crippen LogP contribution in [0.15, 0.2) is 4.99 Å². The number of rotatable bonds is 7. The largest absolute Gasteiger partial charge is 0.357 e. The average Bonchev–Trinajstić information content (AvgIpc) is 2.33. The molecule has 1 amide bonds. The second kappa shape index (κ2) is 9.64. The lowest BCUT2D eigenvalue weighted by molar-refractivity contribution is -0.128. The fourth-order valence-electron chi connectivity index (χ4n) is 1.31. The molecule has 0 saturated heterocycles. The van der Waals surface area contributed by atoms with Crippen LogP contribution in [-0.2, 0) is 4.79 Å². The lowest BCUT2D eigenvalue weighted by atomic mass is 9.96. The Hall–Kier alpha value is -1.26. The quantitative estimate of drug-likeness (QED) is 0.373. The third-order valence-corrected chi connectivity index (χ3v) is 2.51. The molecule has 0 heterocycles. The van der Waals surface area contributed by atoms with Crippen molar-refractivity contribution in [2.45, 2.75) is 47.5 Å². The molecule has 0 spiro atoms. The number of guanidine groups is 1. The standard InChI is InChI=1S/C14H30N4O/c1-6-8-9-17-13(15-7-2)18-11-10-16-12(19)14(3,4)5/h6-11H2,1-5H3,(H,16,19)(H2,15,17,18). The van der Waals surface area contributed by atoms with Crippen molar-refractivity contribution in [3.05, 3.63) is 0 Å². The Morgan fingerprint density at radius 1 is 1.05 bits per heavy atom. The van der Waals surface area contributed by atoms with E-state index in [-0.39, 0.29) is 11.3 Å². The van der Waals surface area contributed by atoms with Crippen molar-refractivity contribution in [1.29, 1.82) is 0 Å². The molecule has 0 atom stereocenters. The maximum Gasteiger partial charge on any atom is 0.225 e. The number of nitrogens with one attached hydrogen (secondary N) is 3. The molecule has 0 aliphatic heterocycles. The molecule has 0 aromatic carbocycles. The van der Waals surface area contributed by atoms with Crippen molar-refractivity contribution < 1.29 is 4.79 Å². The second-order valence-electron chi connectivity index (χ2n) is 5.55. The summed E-state index contributed by atoms with van der Waals surface area (Å²) >= 11 is 0. The number of nitrogens with zero attached hydrogens (tertiary/aromatic N) is 1. The van der Waals surface area contributed by atoms with Gasteiger partial charge in [0.2, 0.25) is 5.91 Å². The van der Waals surface area contributed by atoms with Crippen molar-refractivity contribution in [1.82, 2.24) is 16.0 Å². The maximum atomic E-state index is 11.7. The average molecular weight is 270 g/mol. The van der Waals surface area contributed by atoms with Crippen molar-refractivity contribution in [3.63, 3.8) is 0 Å². The maximum absolute atomic E-state index is 11.7. The number of hydrogen-bond acceptors (Lipinski definition) is 2. The van der Waals surface area contributed by atoms with E-state index >= 15 is 0 Å². The minimum Gasteiger partial charge on any atom is -0.357 e. The Kier molecular flexibility index (Phi) is 9.00. The molecule has 0 fully saturated rings.